The fourth-order valence-electron chi connectivity index (χ4n) is 1.60. The van der Waals surface area contributed by atoms with Gasteiger partial charge in [0, 0.05) is 5.04 Å². The van der Waals surface area contributed by atoms with Gasteiger partial charge < -0.3 is 9.20 Å². The third-order valence-electron chi connectivity index (χ3n) is 2.72. The van der Waals surface area contributed by atoms with Crippen LogP contribution in [0.15, 0.2) is 24.3 Å². The van der Waals surface area contributed by atoms with Crippen LogP contribution in [-0.4, -0.2) is 15.0 Å². The van der Waals surface area contributed by atoms with Crippen molar-refractivity contribution in [2.45, 2.75) is 58.1 Å². The molecule has 100 valence electrons. The molecule has 0 bridgehead atoms. The van der Waals surface area contributed by atoms with Gasteiger partial charge in [-0.05, 0) is 51.3 Å². The van der Waals surface area contributed by atoms with Gasteiger partial charge in [0.25, 0.3) is 9.41 Å². The topological polar surface area (TPSA) is 26.3 Å². The van der Waals surface area contributed by atoms with Crippen molar-refractivity contribution in [3.05, 3.63) is 29.8 Å². The molecule has 0 aliphatic carbocycles. The van der Waals surface area contributed by atoms with Gasteiger partial charge in [-0.3, -0.25) is 0 Å². The Morgan fingerprint density at radius 2 is 1.61 bits per heavy atom. The van der Waals surface area contributed by atoms with Crippen LogP contribution in [0.3, 0.4) is 0 Å². The fraction of sp³-hybridized carbons (Fsp3) is 0.600. The molecule has 2 nitrogen and oxygen atoms in total. The van der Waals surface area contributed by atoms with E-state index in [1.165, 1.54) is 5.56 Å². The first kappa shape index (κ1) is 15.1. The number of aryl methyl sites for hydroxylation is 1. The minimum Gasteiger partial charge on any atom is -0.488 e. The van der Waals surface area contributed by atoms with Crippen LogP contribution in [0.25, 0.3) is 0 Å². The monoisotopic (exact) mass is 264 g/mol. The third-order valence-corrected chi connectivity index (χ3v) is 3.65. The van der Waals surface area contributed by atoms with Crippen molar-refractivity contribution in [3.63, 3.8) is 0 Å². The molecule has 0 aliphatic heterocycles. The van der Waals surface area contributed by atoms with Gasteiger partial charge in [-0.1, -0.05) is 26.0 Å². The summed E-state index contributed by atoms with van der Waals surface area (Å²) in [5.74, 6) is 0.903. The van der Waals surface area contributed by atoms with Crippen LogP contribution in [0, 0.1) is 0 Å². The zero-order valence-corrected chi connectivity index (χ0v) is 13.3. The predicted octanol–water partition coefficient (Wildman–Crippen LogP) is 3.78. The van der Waals surface area contributed by atoms with Crippen molar-refractivity contribution in [1.82, 2.24) is 0 Å². The molecule has 0 N–H and O–H groups in total. The molecule has 1 rings (SSSR count). The minimum atomic E-state index is -0.714. The van der Waals surface area contributed by atoms with Crippen molar-refractivity contribution >= 4 is 9.41 Å². The second-order valence-electron chi connectivity index (χ2n) is 6.46. The normalized spacial score (nSPS) is 12.3. The van der Waals surface area contributed by atoms with Gasteiger partial charge in [0.05, 0.1) is 0 Å². The van der Waals surface area contributed by atoms with Crippen LogP contribution in [0.4, 0.5) is 0 Å². The molecule has 0 fully saturated rings. The second kappa shape index (κ2) is 5.78. The Kier molecular flexibility index (Phi) is 4.85. The lowest BCUT2D eigenvalue weighted by Gasteiger charge is -2.21. The highest BCUT2D eigenvalue weighted by atomic mass is 28.2. The summed E-state index contributed by atoms with van der Waals surface area (Å²) in [6.45, 7) is 10.3. The zero-order valence-electron chi connectivity index (χ0n) is 12.1. The molecule has 0 saturated heterocycles. The molecule has 0 atom stereocenters. The summed E-state index contributed by atoms with van der Waals surface area (Å²) >= 11 is 0. The summed E-state index contributed by atoms with van der Waals surface area (Å²) in [6, 6.07) is 8.21. The summed E-state index contributed by atoms with van der Waals surface area (Å²) in [6.07, 6.45) is 1.93. The lowest BCUT2D eigenvalue weighted by molar-refractivity contribution is 0.131. The maximum Gasteiger partial charge on any atom is 0.267 e. The van der Waals surface area contributed by atoms with Gasteiger partial charge in [0.1, 0.15) is 11.4 Å². The Morgan fingerprint density at radius 1 is 1.06 bits per heavy atom. The van der Waals surface area contributed by atoms with Crippen LogP contribution in [0.5, 0.6) is 5.75 Å². The van der Waals surface area contributed by atoms with Gasteiger partial charge in [-0.15, -0.1) is 0 Å². The molecule has 0 saturated carbocycles. The molecular formula is C15H24O2Si. The Bertz CT molecular complexity index is 388. The fourth-order valence-corrected chi connectivity index (χ4v) is 1.87. The molecule has 0 aromatic heterocycles. The predicted molar refractivity (Wildman–Crippen MR) is 77.0 cm³/mol. The van der Waals surface area contributed by atoms with Gasteiger partial charge in [-0.2, -0.15) is 0 Å². The van der Waals surface area contributed by atoms with Crippen molar-refractivity contribution in [3.8, 4) is 5.75 Å². The second-order valence-corrected chi connectivity index (χ2v) is 8.26. The molecule has 18 heavy (non-hydrogen) atoms. The number of hydrogen-bond acceptors (Lipinski definition) is 2. The lowest BCUT2D eigenvalue weighted by Crippen LogP contribution is -2.22. The number of benzene rings is 1. The summed E-state index contributed by atoms with van der Waals surface area (Å²) in [7, 11) is -0.714. The standard InChI is InChI=1S/C15H24O2Si/c1-14(2,3)17-13-8-6-12(7-9-13)10-11-15(4,5)18-16/h6-9,18H,10-11H2,1-5H3. The van der Waals surface area contributed by atoms with E-state index in [0.717, 1.165) is 18.6 Å². The highest BCUT2D eigenvalue weighted by molar-refractivity contribution is 6.22. The zero-order chi connectivity index (χ0) is 13.8. The van der Waals surface area contributed by atoms with Crippen molar-refractivity contribution in [2.75, 3.05) is 0 Å². The Balaban J connectivity index is 2.58. The molecule has 3 heteroatoms. The first-order valence-corrected chi connectivity index (χ1v) is 7.51. The van der Waals surface area contributed by atoms with Gasteiger partial charge >= 0.3 is 0 Å². The molecule has 0 heterocycles. The minimum absolute atomic E-state index is 0.0272. The number of rotatable bonds is 5. The van der Waals surface area contributed by atoms with Crippen LogP contribution in [0.2, 0.25) is 5.04 Å². The van der Waals surface area contributed by atoms with Gasteiger partial charge in [0.15, 0.2) is 0 Å². The van der Waals surface area contributed by atoms with Crippen LogP contribution >= 0.6 is 0 Å². The molecule has 0 radical (unpaired) electrons. The van der Waals surface area contributed by atoms with E-state index in [9.17, 15) is 4.46 Å². The molecule has 1 aromatic carbocycles. The van der Waals surface area contributed by atoms with Crippen LogP contribution < -0.4 is 4.74 Å². The molecular weight excluding hydrogens is 240 g/mol. The van der Waals surface area contributed by atoms with Crippen LogP contribution in [-0.2, 0) is 10.9 Å². The van der Waals surface area contributed by atoms with Gasteiger partial charge in [0.2, 0.25) is 0 Å². The first-order chi connectivity index (χ1) is 8.22. The molecule has 0 aliphatic rings. The average Bonchev–Trinajstić information content (AvgIpc) is 2.26. The third kappa shape index (κ3) is 5.58. The molecule has 1 aromatic rings. The van der Waals surface area contributed by atoms with E-state index in [4.69, 9.17) is 4.74 Å². The van der Waals surface area contributed by atoms with Crippen molar-refractivity contribution < 1.29 is 9.20 Å². The van der Waals surface area contributed by atoms with E-state index < -0.39 is 9.41 Å². The lowest BCUT2D eigenvalue weighted by atomic mass is 10.0. The Labute approximate surface area is 113 Å². The van der Waals surface area contributed by atoms with E-state index in [2.05, 4.69) is 26.0 Å². The van der Waals surface area contributed by atoms with Crippen LogP contribution in [0.1, 0.15) is 46.6 Å². The highest BCUT2D eigenvalue weighted by Gasteiger charge is 2.17. The molecule has 0 spiro atoms. The SMILES string of the molecule is CC(C)(C)Oc1ccc(CCC(C)(C)[SiH]=O)cc1. The van der Waals surface area contributed by atoms with E-state index in [0.29, 0.717) is 0 Å². The van der Waals surface area contributed by atoms with E-state index in [1.54, 1.807) is 0 Å². The summed E-state index contributed by atoms with van der Waals surface area (Å²) in [4.78, 5) is 0. The van der Waals surface area contributed by atoms with Gasteiger partial charge in [-0.25, -0.2) is 0 Å². The largest absolute Gasteiger partial charge is 0.488 e. The number of ether oxygens (including phenoxy) is 1. The summed E-state index contributed by atoms with van der Waals surface area (Å²) < 4.78 is 16.8. The van der Waals surface area contributed by atoms with E-state index in [-0.39, 0.29) is 10.6 Å². The van der Waals surface area contributed by atoms with Crippen molar-refractivity contribution in [1.29, 1.82) is 0 Å². The molecule has 0 amide bonds. The molecule has 0 unspecified atom stereocenters. The Hall–Kier alpha value is -0.963. The van der Waals surface area contributed by atoms with E-state index in [1.807, 2.05) is 32.9 Å². The van der Waals surface area contributed by atoms with Crippen molar-refractivity contribution in [2.24, 2.45) is 0 Å². The maximum absolute atomic E-state index is 11.0. The smallest absolute Gasteiger partial charge is 0.267 e. The average molecular weight is 264 g/mol. The maximum atomic E-state index is 11.0. The quantitative estimate of drug-likeness (QED) is 0.757. The van der Waals surface area contributed by atoms with E-state index >= 15 is 0 Å². The number of hydrogen-bond donors (Lipinski definition) is 0. The first-order valence-electron chi connectivity index (χ1n) is 6.46. The Morgan fingerprint density at radius 3 is 2.06 bits per heavy atom. The summed E-state index contributed by atoms with van der Waals surface area (Å²) in [5.41, 5.74) is 1.12. The highest BCUT2D eigenvalue weighted by Crippen LogP contribution is 2.27. The summed E-state index contributed by atoms with van der Waals surface area (Å²) in [5, 5.41) is -0.0272.